The molecule has 1 fully saturated rings. The molecule has 0 bridgehead atoms. The van der Waals surface area contributed by atoms with E-state index < -0.39 is 18.3 Å². The lowest BCUT2D eigenvalue weighted by Gasteiger charge is -2.38. The number of benzene rings is 1. The van der Waals surface area contributed by atoms with Gasteiger partial charge < -0.3 is 20.1 Å². The number of nitrogens with one attached hydrogen (secondary N) is 1. The minimum absolute atomic E-state index is 0.649. The highest BCUT2D eigenvalue weighted by Gasteiger charge is 2.39. The molecular weight excluding hydrogens is 289 g/mol. The van der Waals surface area contributed by atoms with Crippen molar-refractivity contribution in [2.45, 2.75) is 77.2 Å². The number of aliphatic hydroxyl groups is 1. The zero-order chi connectivity index (χ0) is 17.1. The zero-order valence-corrected chi connectivity index (χ0v) is 14.8. The Morgan fingerprint density at radius 2 is 1.70 bits per heavy atom. The van der Waals surface area contributed by atoms with Crippen LogP contribution in [0.3, 0.4) is 0 Å². The van der Waals surface area contributed by atoms with Crippen molar-refractivity contribution < 1.29 is 14.8 Å². The molecule has 23 heavy (non-hydrogen) atoms. The van der Waals surface area contributed by atoms with Crippen LogP contribution in [0.15, 0.2) is 24.3 Å². The number of rotatable bonds is 7. The predicted molar refractivity (Wildman–Crippen MR) is 94.6 cm³/mol. The average Bonchev–Trinajstić information content (AvgIpc) is 2.97. The van der Waals surface area contributed by atoms with Crippen LogP contribution in [0.25, 0.3) is 0 Å². The quantitative estimate of drug-likeness (QED) is 0.673. The number of hydrogen-bond acceptors (Lipinski definition) is 4. The number of hydrogen-bond donors (Lipinski definition) is 3. The van der Waals surface area contributed by atoms with Crippen molar-refractivity contribution in [1.82, 2.24) is 5.32 Å². The van der Waals surface area contributed by atoms with Crippen molar-refractivity contribution in [3.63, 3.8) is 0 Å². The lowest BCUT2D eigenvalue weighted by atomic mass is 9.76. The second-order valence-electron chi connectivity index (χ2n) is 7.64. The van der Waals surface area contributed by atoms with E-state index in [1.54, 1.807) is 27.7 Å². The Hall–Kier alpha value is -0.875. The fraction of sp³-hybridized carbons (Fsp3) is 0.667. The lowest BCUT2D eigenvalue weighted by Crippen LogP contribution is -2.53. The van der Waals surface area contributed by atoms with Gasteiger partial charge in [0.2, 0.25) is 0 Å². The molecule has 0 amide bonds. The van der Waals surface area contributed by atoms with E-state index in [1.807, 2.05) is 24.3 Å². The van der Waals surface area contributed by atoms with Gasteiger partial charge in [-0.25, -0.2) is 0 Å². The Morgan fingerprint density at radius 3 is 2.22 bits per heavy atom. The molecule has 2 rings (SSSR count). The molecule has 0 saturated heterocycles. The maximum absolute atomic E-state index is 10.3. The molecule has 0 spiro atoms. The van der Waals surface area contributed by atoms with E-state index in [1.165, 1.54) is 31.2 Å². The average molecular weight is 319 g/mol. The summed E-state index contributed by atoms with van der Waals surface area (Å²) in [5.74, 6) is 0. The molecule has 0 aliphatic heterocycles. The summed E-state index contributed by atoms with van der Waals surface area (Å²) in [5, 5.41) is 24.0. The second-order valence-corrected chi connectivity index (χ2v) is 7.64. The summed E-state index contributed by atoms with van der Waals surface area (Å²) in [6.07, 6.45) is 5.21. The molecule has 5 heteroatoms. The zero-order valence-electron chi connectivity index (χ0n) is 14.8. The SMILES string of the molecule is CC(C)(O)C(C)(C)OB(O)c1ccc(CNC2CCCC2)cc1. The van der Waals surface area contributed by atoms with Crippen LogP contribution in [0.5, 0.6) is 0 Å². The molecule has 4 nitrogen and oxygen atoms in total. The summed E-state index contributed by atoms with van der Waals surface area (Å²) in [5.41, 5.74) is 0.00960. The summed E-state index contributed by atoms with van der Waals surface area (Å²) in [6.45, 7) is 7.76. The van der Waals surface area contributed by atoms with Crippen LogP contribution in [0.1, 0.15) is 58.9 Å². The highest BCUT2D eigenvalue weighted by atomic mass is 16.5. The van der Waals surface area contributed by atoms with Crippen LogP contribution in [-0.2, 0) is 11.2 Å². The summed E-state index contributed by atoms with van der Waals surface area (Å²) >= 11 is 0. The van der Waals surface area contributed by atoms with Crippen molar-refractivity contribution in [2.75, 3.05) is 0 Å². The van der Waals surface area contributed by atoms with Gasteiger partial charge in [-0.1, -0.05) is 37.1 Å². The van der Waals surface area contributed by atoms with Crippen molar-refractivity contribution in [2.24, 2.45) is 0 Å². The van der Waals surface area contributed by atoms with Crippen LogP contribution < -0.4 is 10.8 Å². The first-order chi connectivity index (χ1) is 10.7. The van der Waals surface area contributed by atoms with Crippen molar-refractivity contribution in [1.29, 1.82) is 0 Å². The van der Waals surface area contributed by atoms with Gasteiger partial charge >= 0.3 is 7.12 Å². The van der Waals surface area contributed by atoms with Gasteiger partial charge in [-0.2, -0.15) is 0 Å². The second kappa shape index (κ2) is 7.35. The van der Waals surface area contributed by atoms with E-state index in [0.717, 1.165) is 6.54 Å². The fourth-order valence-electron chi connectivity index (χ4n) is 2.68. The van der Waals surface area contributed by atoms with Crippen LogP contribution in [-0.4, -0.2) is 34.5 Å². The van der Waals surface area contributed by atoms with Crippen molar-refractivity contribution in [3.8, 4) is 0 Å². The largest absolute Gasteiger partial charge is 0.491 e. The minimum Gasteiger partial charge on any atom is -0.423 e. The van der Waals surface area contributed by atoms with E-state index >= 15 is 0 Å². The van der Waals surface area contributed by atoms with Crippen LogP contribution in [0.4, 0.5) is 0 Å². The first-order valence-electron chi connectivity index (χ1n) is 8.59. The Balaban J connectivity index is 1.90. The lowest BCUT2D eigenvalue weighted by molar-refractivity contribution is -0.0982. The summed E-state index contributed by atoms with van der Waals surface area (Å²) in [7, 11) is -1.05. The van der Waals surface area contributed by atoms with Gasteiger partial charge in [0.05, 0.1) is 11.2 Å². The molecule has 3 N–H and O–H groups in total. The summed E-state index contributed by atoms with van der Waals surface area (Å²) in [4.78, 5) is 0. The van der Waals surface area contributed by atoms with E-state index in [0.29, 0.717) is 11.5 Å². The van der Waals surface area contributed by atoms with Gasteiger partial charge in [-0.15, -0.1) is 0 Å². The Bertz CT molecular complexity index is 490. The fourth-order valence-corrected chi connectivity index (χ4v) is 2.68. The van der Waals surface area contributed by atoms with E-state index in [2.05, 4.69) is 5.32 Å². The molecule has 0 radical (unpaired) electrons. The summed E-state index contributed by atoms with van der Waals surface area (Å²) < 4.78 is 5.66. The predicted octanol–water partition coefficient (Wildman–Crippen LogP) is 1.97. The highest BCUT2D eigenvalue weighted by Crippen LogP contribution is 2.25. The third-order valence-corrected chi connectivity index (χ3v) is 5.09. The van der Waals surface area contributed by atoms with Crippen LogP contribution in [0.2, 0.25) is 0 Å². The van der Waals surface area contributed by atoms with Gasteiger partial charge in [0, 0.05) is 12.6 Å². The molecule has 1 aromatic carbocycles. The molecule has 1 aromatic rings. The maximum atomic E-state index is 10.3. The Morgan fingerprint density at radius 1 is 1.13 bits per heavy atom. The van der Waals surface area contributed by atoms with Gasteiger partial charge in [0.1, 0.15) is 0 Å². The standard InChI is InChI=1S/C18H30BNO3/c1-17(2,21)18(3,4)23-19(22)15-11-9-14(10-12-15)13-20-16-7-5-6-8-16/h9-12,16,20-22H,5-8,13H2,1-4H3. The van der Waals surface area contributed by atoms with Crippen LogP contribution >= 0.6 is 0 Å². The first kappa shape index (κ1) is 18.5. The third-order valence-electron chi connectivity index (χ3n) is 5.09. The van der Waals surface area contributed by atoms with Crippen LogP contribution in [0, 0.1) is 0 Å². The molecule has 0 aromatic heterocycles. The molecule has 128 valence electrons. The van der Waals surface area contributed by atoms with Gasteiger partial charge in [0.25, 0.3) is 0 Å². The van der Waals surface area contributed by atoms with E-state index in [9.17, 15) is 10.1 Å². The van der Waals surface area contributed by atoms with Crippen molar-refractivity contribution >= 4 is 12.6 Å². The molecular formula is C18H30BNO3. The van der Waals surface area contributed by atoms with E-state index in [-0.39, 0.29) is 0 Å². The Kier molecular flexibility index (Phi) is 5.90. The first-order valence-corrected chi connectivity index (χ1v) is 8.59. The molecule has 1 aliphatic rings. The highest BCUT2D eigenvalue weighted by molar-refractivity contribution is 6.60. The molecule has 1 saturated carbocycles. The van der Waals surface area contributed by atoms with Gasteiger partial charge in [0.15, 0.2) is 0 Å². The summed E-state index contributed by atoms with van der Waals surface area (Å²) in [6, 6.07) is 8.45. The molecule has 0 unspecified atom stereocenters. The normalized spacial score (nSPS) is 16.8. The third kappa shape index (κ3) is 5.05. The van der Waals surface area contributed by atoms with Gasteiger partial charge in [-0.3, -0.25) is 0 Å². The van der Waals surface area contributed by atoms with Gasteiger partial charge in [-0.05, 0) is 51.6 Å². The van der Waals surface area contributed by atoms with Crippen molar-refractivity contribution in [3.05, 3.63) is 29.8 Å². The molecule has 0 heterocycles. The molecule has 0 atom stereocenters. The minimum atomic E-state index is -1.05. The van der Waals surface area contributed by atoms with E-state index in [4.69, 9.17) is 4.65 Å². The maximum Gasteiger partial charge on any atom is 0.491 e. The Labute approximate surface area is 140 Å². The topological polar surface area (TPSA) is 61.7 Å². The monoisotopic (exact) mass is 319 g/mol. The molecule has 1 aliphatic carbocycles. The smallest absolute Gasteiger partial charge is 0.423 e.